The molecule has 0 aliphatic rings. The maximum atomic E-state index is 13.2. The number of rotatable bonds is 8. The van der Waals surface area contributed by atoms with Gasteiger partial charge in [0.2, 0.25) is 0 Å². The Morgan fingerprint density at radius 1 is 1.18 bits per heavy atom. The van der Waals surface area contributed by atoms with E-state index in [-0.39, 0.29) is 5.56 Å². The van der Waals surface area contributed by atoms with Gasteiger partial charge in [-0.2, -0.15) is 5.10 Å². The van der Waals surface area contributed by atoms with Crippen LogP contribution in [0.3, 0.4) is 0 Å². The van der Waals surface area contributed by atoms with E-state index in [2.05, 4.69) is 10.1 Å². The number of imide groups is 1. The first-order chi connectivity index (χ1) is 15.8. The van der Waals surface area contributed by atoms with Gasteiger partial charge in [-0.05, 0) is 55.7 Å². The van der Waals surface area contributed by atoms with Crippen LogP contribution in [0.4, 0.5) is 0 Å². The van der Waals surface area contributed by atoms with Gasteiger partial charge in [0.1, 0.15) is 23.6 Å². The number of ether oxygens (including phenoxy) is 1. The highest BCUT2D eigenvalue weighted by Crippen LogP contribution is 2.31. The zero-order valence-corrected chi connectivity index (χ0v) is 20.2. The van der Waals surface area contributed by atoms with Gasteiger partial charge >= 0.3 is 0 Å². The molecule has 11 heteroatoms. The van der Waals surface area contributed by atoms with Crippen LogP contribution in [0.1, 0.15) is 40.5 Å². The number of carbonyl (C=O) groups excluding carboxylic acids is 2. The number of hydrogen-bond donors (Lipinski definition) is 1. The molecule has 174 valence electrons. The number of carbonyl (C=O) groups is 2. The predicted octanol–water partition coefficient (Wildman–Crippen LogP) is 4.54. The fourth-order valence-electron chi connectivity index (χ4n) is 3.31. The molecule has 0 saturated heterocycles. The highest BCUT2D eigenvalue weighted by molar-refractivity contribution is 6.42. The molecule has 0 aliphatic carbocycles. The molecule has 0 saturated carbocycles. The van der Waals surface area contributed by atoms with Gasteiger partial charge in [-0.15, -0.1) is 11.6 Å². The number of aromatic nitrogens is 3. The number of halogens is 3. The molecular formula is C22H22Cl3N5O3. The first kappa shape index (κ1) is 25.0. The number of benzene rings is 2. The number of hydrazine groups is 1. The van der Waals surface area contributed by atoms with Crippen molar-refractivity contribution in [2.45, 2.75) is 25.7 Å². The van der Waals surface area contributed by atoms with Crippen LogP contribution < -0.4 is 10.6 Å². The van der Waals surface area contributed by atoms with Gasteiger partial charge in [-0.25, -0.2) is 20.5 Å². The molecule has 33 heavy (non-hydrogen) atoms. The molecule has 0 spiro atoms. The molecule has 1 heterocycles. The molecule has 1 atom stereocenters. The second-order valence-corrected chi connectivity index (χ2v) is 8.39. The summed E-state index contributed by atoms with van der Waals surface area (Å²) in [5, 5.41) is 5.52. The van der Waals surface area contributed by atoms with E-state index in [9.17, 15) is 9.59 Å². The largest absolute Gasteiger partial charge is 0.494 e. The van der Waals surface area contributed by atoms with Gasteiger partial charge in [-0.1, -0.05) is 29.3 Å². The van der Waals surface area contributed by atoms with Crippen LogP contribution in [0, 0.1) is 6.92 Å². The molecule has 0 radical (unpaired) electrons. The van der Waals surface area contributed by atoms with Crippen LogP contribution in [-0.2, 0) is 4.79 Å². The number of methoxy groups -OCH3 is 1. The number of amides is 2. The number of hydrogen-bond acceptors (Lipinski definition) is 6. The van der Waals surface area contributed by atoms with Crippen LogP contribution in [-0.4, -0.2) is 44.6 Å². The highest BCUT2D eigenvalue weighted by atomic mass is 35.5. The van der Waals surface area contributed by atoms with Crippen molar-refractivity contribution in [1.29, 1.82) is 0 Å². The molecule has 1 unspecified atom stereocenters. The van der Waals surface area contributed by atoms with Crippen molar-refractivity contribution >= 4 is 46.6 Å². The number of nitrogens with two attached hydrogens (primary N) is 1. The third-order valence-electron chi connectivity index (χ3n) is 5.01. The summed E-state index contributed by atoms with van der Waals surface area (Å²) in [4.78, 5) is 30.4. The molecule has 1 aromatic heterocycles. The lowest BCUT2D eigenvalue weighted by Gasteiger charge is -2.23. The standard InChI is InChI=1S/C22H22Cl3N5O3/c1-13-27-12-29(28-13)19-8-6-15(11-20(19)33-2)21(31)30(26)22(32)16(4-3-9-23)14-5-7-17(24)18(25)10-14/h5-8,10-12,16H,3-4,9,26H2,1-2H3. The summed E-state index contributed by atoms with van der Waals surface area (Å²) in [5.41, 5.74) is 1.35. The Morgan fingerprint density at radius 3 is 2.55 bits per heavy atom. The predicted molar refractivity (Wildman–Crippen MR) is 127 cm³/mol. The Bertz CT molecular complexity index is 1170. The van der Waals surface area contributed by atoms with Crippen LogP contribution in [0.25, 0.3) is 5.69 Å². The third kappa shape index (κ3) is 5.65. The normalized spacial score (nSPS) is 11.8. The second kappa shape index (κ2) is 11.0. The molecule has 0 fully saturated rings. The minimum atomic E-state index is -0.716. The maximum Gasteiger partial charge on any atom is 0.275 e. The van der Waals surface area contributed by atoms with Gasteiger partial charge in [0.25, 0.3) is 11.8 Å². The molecule has 0 aliphatic heterocycles. The minimum absolute atomic E-state index is 0.175. The van der Waals surface area contributed by atoms with E-state index in [4.69, 9.17) is 45.4 Å². The van der Waals surface area contributed by atoms with Crippen molar-refractivity contribution in [3.05, 3.63) is 69.7 Å². The zero-order chi connectivity index (χ0) is 24.1. The van der Waals surface area contributed by atoms with Gasteiger partial charge in [0.05, 0.1) is 23.1 Å². The minimum Gasteiger partial charge on any atom is -0.494 e. The molecule has 8 nitrogen and oxygen atoms in total. The molecule has 3 aromatic rings. The lowest BCUT2D eigenvalue weighted by molar-refractivity contribution is -0.130. The second-order valence-electron chi connectivity index (χ2n) is 7.19. The first-order valence-corrected chi connectivity index (χ1v) is 11.3. The van der Waals surface area contributed by atoms with Crippen molar-refractivity contribution in [1.82, 2.24) is 19.8 Å². The van der Waals surface area contributed by atoms with Crippen LogP contribution >= 0.6 is 34.8 Å². The summed E-state index contributed by atoms with van der Waals surface area (Å²) < 4.78 is 6.94. The Balaban J connectivity index is 1.88. The van der Waals surface area contributed by atoms with Crippen molar-refractivity contribution in [3.8, 4) is 11.4 Å². The van der Waals surface area contributed by atoms with Crippen molar-refractivity contribution < 1.29 is 14.3 Å². The first-order valence-electron chi connectivity index (χ1n) is 9.97. The smallest absolute Gasteiger partial charge is 0.275 e. The maximum absolute atomic E-state index is 13.2. The summed E-state index contributed by atoms with van der Waals surface area (Å²) in [5.74, 6) is 5.31. The average molecular weight is 511 g/mol. The molecule has 2 aromatic carbocycles. The molecular weight excluding hydrogens is 489 g/mol. The van der Waals surface area contributed by atoms with E-state index in [0.29, 0.717) is 56.6 Å². The number of nitrogens with zero attached hydrogens (tertiary/aromatic N) is 4. The monoisotopic (exact) mass is 509 g/mol. The zero-order valence-electron chi connectivity index (χ0n) is 18.0. The van der Waals surface area contributed by atoms with Crippen molar-refractivity contribution in [2.75, 3.05) is 13.0 Å². The van der Waals surface area contributed by atoms with E-state index in [0.717, 1.165) is 0 Å². The fraction of sp³-hybridized carbons (Fsp3) is 0.273. The summed E-state index contributed by atoms with van der Waals surface area (Å²) in [6.45, 7) is 1.76. The van der Waals surface area contributed by atoms with E-state index in [1.54, 1.807) is 31.2 Å². The van der Waals surface area contributed by atoms with E-state index < -0.39 is 17.7 Å². The van der Waals surface area contributed by atoms with Gasteiger partial charge < -0.3 is 4.74 Å². The SMILES string of the molecule is COc1cc(C(=O)N(N)C(=O)C(CCCCl)c2ccc(Cl)c(Cl)c2)ccc1-n1cnc(C)n1. The van der Waals surface area contributed by atoms with Crippen molar-refractivity contribution in [2.24, 2.45) is 5.84 Å². The number of aryl methyl sites for hydroxylation is 1. The topological polar surface area (TPSA) is 103 Å². The van der Waals surface area contributed by atoms with Gasteiger partial charge in [0.15, 0.2) is 0 Å². The Hall–Kier alpha value is -2.65. The third-order valence-corrected chi connectivity index (χ3v) is 6.01. The highest BCUT2D eigenvalue weighted by Gasteiger charge is 2.29. The van der Waals surface area contributed by atoms with Crippen LogP contribution in [0.2, 0.25) is 10.0 Å². The van der Waals surface area contributed by atoms with Crippen LogP contribution in [0.5, 0.6) is 5.75 Å². The van der Waals surface area contributed by atoms with Crippen LogP contribution in [0.15, 0.2) is 42.7 Å². The molecule has 2 amide bonds. The quantitative estimate of drug-likeness (QED) is 0.207. The van der Waals surface area contributed by atoms with E-state index in [1.165, 1.54) is 30.3 Å². The summed E-state index contributed by atoms with van der Waals surface area (Å²) in [6.07, 6.45) is 2.46. The Labute approximate surface area is 206 Å². The van der Waals surface area contributed by atoms with E-state index in [1.807, 2.05) is 0 Å². The summed E-state index contributed by atoms with van der Waals surface area (Å²) in [7, 11) is 1.47. The Kier molecular flexibility index (Phi) is 8.31. The summed E-state index contributed by atoms with van der Waals surface area (Å²) >= 11 is 18.0. The van der Waals surface area contributed by atoms with E-state index >= 15 is 0 Å². The lowest BCUT2D eigenvalue weighted by atomic mass is 9.93. The van der Waals surface area contributed by atoms with Gasteiger partial charge in [-0.3, -0.25) is 9.59 Å². The molecule has 0 bridgehead atoms. The molecule has 2 N–H and O–H groups in total. The lowest BCUT2D eigenvalue weighted by Crippen LogP contribution is -2.45. The molecule has 3 rings (SSSR count). The average Bonchev–Trinajstić information content (AvgIpc) is 3.25. The Morgan fingerprint density at radius 2 is 1.94 bits per heavy atom. The van der Waals surface area contributed by atoms with Crippen molar-refractivity contribution in [3.63, 3.8) is 0 Å². The summed E-state index contributed by atoms with van der Waals surface area (Å²) in [6, 6.07) is 9.55. The van der Waals surface area contributed by atoms with Gasteiger partial charge in [0, 0.05) is 11.4 Å². The number of alkyl halides is 1. The fourth-order valence-corrected chi connectivity index (χ4v) is 3.77.